The zero-order chi connectivity index (χ0) is 21.3. The van der Waals surface area contributed by atoms with Crippen LogP contribution in [0.1, 0.15) is 10.4 Å². The van der Waals surface area contributed by atoms with Crippen molar-refractivity contribution in [2.45, 2.75) is 4.90 Å². The van der Waals surface area contributed by atoms with Gasteiger partial charge in [-0.2, -0.15) is 0 Å². The van der Waals surface area contributed by atoms with Gasteiger partial charge in [0.2, 0.25) is 10.0 Å². The molecule has 0 saturated heterocycles. The van der Waals surface area contributed by atoms with E-state index in [-0.39, 0.29) is 15.5 Å². The number of nitrogens with zero attached hydrogens (tertiary/aromatic N) is 2. The maximum Gasteiger partial charge on any atom is 0.257 e. The molecule has 3 aromatic rings. The van der Waals surface area contributed by atoms with Crippen molar-refractivity contribution in [3.63, 3.8) is 0 Å². The molecule has 0 radical (unpaired) electrons. The van der Waals surface area contributed by atoms with Crippen LogP contribution in [-0.2, 0) is 10.0 Å². The van der Waals surface area contributed by atoms with Crippen molar-refractivity contribution in [1.82, 2.24) is 9.29 Å². The van der Waals surface area contributed by atoms with Gasteiger partial charge >= 0.3 is 0 Å². The highest BCUT2D eigenvalue weighted by Crippen LogP contribution is 2.32. The lowest BCUT2D eigenvalue weighted by Crippen LogP contribution is -2.23. The van der Waals surface area contributed by atoms with Gasteiger partial charge in [0, 0.05) is 35.6 Å². The predicted octanol–water partition coefficient (Wildman–Crippen LogP) is 5.27. The Morgan fingerprint density at radius 2 is 1.79 bits per heavy atom. The minimum absolute atomic E-state index is 0.0316. The van der Waals surface area contributed by atoms with Crippen molar-refractivity contribution in [1.29, 1.82) is 0 Å². The zero-order valence-electron chi connectivity index (χ0n) is 15.1. The van der Waals surface area contributed by atoms with E-state index in [1.165, 1.54) is 43.6 Å². The smallest absolute Gasteiger partial charge is 0.257 e. The van der Waals surface area contributed by atoms with Crippen LogP contribution < -0.4 is 5.32 Å². The molecule has 1 aromatic heterocycles. The molecular formula is C18H14Cl3N3O3S2. The largest absolute Gasteiger partial charge is 0.298 e. The Hall–Kier alpha value is -1.68. The Morgan fingerprint density at radius 3 is 2.45 bits per heavy atom. The van der Waals surface area contributed by atoms with Crippen molar-refractivity contribution < 1.29 is 13.2 Å². The number of aromatic nitrogens is 1. The first kappa shape index (κ1) is 22.0. The van der Waals surface area contributed by atoms with Crippen molar-refractivity contribution in [3.05, 3.63) is 62.4 Å². The molecule has 6 nitrogen and oxygen atoms in total. The molecule has 0 unspecified atom stereocenters. The van der Waals surface area contributed by atoms with E-state index in [1.54, 1.807) is 23.6 Å². The minimum Gasteiger partial charge on any atom is -0.298 e. The number of amides is 1. The molecule has 0 bridgehead atoms. The van der Waals surface area contributed by atoms with Crippen molar-refractivity contribution in [3.8, 4) is 11.3 Å². The van der Waals surface area contributed by atoms with Crippen LogP contribution in [0.5, 0.6) is 0 Å². The number of carbonyl (C=O) groups excluding carboxylic acids is 1. The molecule has 0 fully saturated rings. The van der Waals surface area contributed by atoms with Gasteiger partial charge in [-0.15, -0.1) is 11.3 Å². The zero-order valence-corrected chi connectivity index (χ0v) is 19.0. The summed E-state index contributed by atoms with van der Waals surface area (Å²) < 4.78 is 25.8. The maximum atomic E-state index is 12.6. The average molecular weight is 491 g/mol. The number of hydrogen-bond acceptors (Lipinski definition) is 5. The van der Waals surface area contributed by atoms with E-state index >= 15 is 0 Å². The van der Waals surface area contributed by atoms with Crippen molar-refractivity contribution >= 4 is 67.2 Å². The summed E-state index contributed by atoms with van der Waals surface area (Å²) in [5.41, 5.74) is 1.40. The summed E-state index contributed by atoms with van der Waals surface area (Å²) in [6, 6.07) is 9.09. The number of hydrogen-bond donors (Lipinski definition) is 1. The van der Waals surface area contributed by atoms with Crippen molar-refractivity contribution in [2.75, 3.05) is 19.4 Å². The topological polar surface area (TPSA) is 79.4 Å². The van der Waals surface area contributed by atoms with Gasteiger partial charge < -0.3 is 0 Å². The van der Waals surface area contributed by atoms with E-state index in [9.17, 15) is 13.2 Å². The third-order valence-electron chi connectivity index (χ3n) is 3.88. The molecule has 0 spiro atoms. The summed E-state index contributed by atoms with van der Waals surface area (Å²) in [6.45, 7) is 0. The summed E-state index contributed by atoms with van der Waals surface area (Å²) in [4.78, 5) is 16.8. The Bertz CT molecular complexity index is 1190. The first-order chi connectivity index (χ1) is 13.6. The summed E-state index contributed by atoms with van der Waals surface area (Å²) in [5, 5.41) is 5.72. The van der Waals surface area contributed by atoms with Crippen molar-refractivity contribution in [2.24, 2.45) is 0 Å². The average Bonchev–Trinajstić information content (AvgIpc) is 3.09. The van der Waals surface area contributed by atoms with Crippen LogP contribution in [0.2, 0.25) is 15.1 Å². The Labute approximate surface area is 187 Å². The molecule has 1 N–H and O–H groups in total. The predicted molar refractivity (Wildman–Crippen MR) is 118 cm³/mol. The first-order valence-electron chi connectivity index (χ1n) is 8.04. The highest BCUT2D eigenvalue weighted by molar-refractivity contribution is 7.89. The van der Waals surface area contributed by atoms with Crippen LogP contribution in [0.3, 0.4) is 0 Å². The summed E-state index contributed by atoms with van der Waals surface area (Å²) >= 11 is 19.3. The standard InChI is InChI=1S/C18H14Cl3N3O3S2/c1-24(2)29(26,27)16-7-10(3-6-13(16)20)17(25)23-18-22-15(9-28-18)12-5-4-11(19)8-14(12)21/h3-9H,1-2H3,(H,22,23,25). The molecule has 0 aliphatic rings. The van der Waals surface area contributed by atoms with E-state index in [1.807, 2.05) is 0 Å². The Morgan fingerprint density at radius 1 is 1.07 bits per heavy atom. The Balaban J connectivity index is 1.86. The van der Waals surface area contributed by atoms with Crippen LogP contribution in [0.4, 0.5) is 5.13 Å². The third kappa shape index (κ3) is 4.74. The van der Waals surface area contributed by atoms with Gasteiger partial charge in [0.15, 0.2) is 5.13 Å². The number of thiazole rings is 1. The van der Waals surface area contributed by atoms with Gasteiger partial charge in [0.1, 0.15) is 4.90 Å². The number of rotatable bonds is 5. The number of benzene rings is 2. The second kappa shape index (κ2) is 8.59. The summed E-state index contributed by atoms with van der Waals surface area (Å²) in [6.07, 6.45) is 0. The monoisotopic (exact) mass is 489 g/mol. The first-order valence-corrected chi connectivity index (χ1v) is 11.5. The minimum atomic E-state index is -3.79. The van der Waals surface area contributed by atoms with Gasteiger partial charge in [-0.25, -0.2) is 17.7 Å². The number of anilines is 1. The van der Waals surface area contributed by atoms with Gasteiger partial charge in [-0.1, -0.05) is 34.8 Å². The summed E-state index contributed by atoms with van der Waals surface area (Å²) in [7, 11) is -1.02. The molecule has 1 amide bonds. The fraction of sp³-hybridized carbons (Fsp3) is 0.111. The quantitative estimate of drug-likeness (QED) is 0.528. The van der Waals surface area contributed by atoms with Crippen LogP contribution in [0, 0.1) is 0 Å². The lowest BCUT2D eigenvalue weighted by molar-refractivity contribution is 0.102. The lowest BCUT2D eigenvalue weighted by atomic mass is 10.2. The number of halogens is 3. The van der Waals surface area contributed by atoms with Crippen LogP contribution in [-0.4, -0.2) is 37.7 Å². The lowest BCUT2D eigenvalue weighted by Gasteiger charge is -2.13. The van der Waals surface area contributed by atoms with E-state index in [4.69, 9.17) is 34.8 Å². The van der Waals surface area contributed by atoms with Gasteiger partial charge in [-0.3, -0.25) is 10.1 Å². The van der Waals surface area contributed by atoms with Crippen LogP contribution in [0.25, 0.3) is 11.3 Å². The molecule has 1 heterocycles. The molecule has 152 valence electrons. The highest BCUT2D eigenvalue weighted by Gasteiger charge is 2.23. The second-order valence-corrected chi connectivity index (χ2v) is 10.3. The van der Waals surface area contributed by atoms with Crippen LogP contribution in [0.15, 0.2) is 46.7 Å². The van der Waals surface area contributed by atoms with E-state index < -0.39 is 15.9 Å². The van der Waals surface area contributed by atoms with Gasteiger partial charge in [-0.05, 0) is 36.4 Å². The molecule has 0 saturated carbocycles. The number of nitrogens with one attached hydrogen (secondary N) is 1. The number of sulfonamides is 1. The fourth-order valence-electron chi connectivity index (χ4n) is 2.36. The van der Waals surface area contributed by atoms with Crippen LogP contribution >= 0.6 is 46.1 Å². The SMILES string of the molecule is CN(C)S(=O)(=O)c1cc(C(=O)Nc2nc(-c3ccc(Cl)cc3Cl)cs2)ccc1Cl. The summed E-state index contributed by atoms with van der Waals surface area (Å²) in [5.74, 6) is -0.514. The third-order valence-corrected chi connectivity index (χ3v) is 7.49. The van der Waals surface area contributed by atoms with Gasteiger partial charge in [0.25, 0.3) is 5.91 Å². The van der Waals surface area contributed by atoms with Gasteiger partial charge in [0.05, 0.1) is 15.7 Å². The molecular weight excluding hydrogens is 477 g/mol. The molecule has 29 heavy (non-hydrogen) atoms. The molecule has 0 aliphatic carbocycles. The van der Waals surface area contributed by atoms with E-state index in [0.29, 0.717) is 26.4 Å². The fourth-order valence-corrected chi connectivity index (χ4v) is 4.97. The molecule has 11 heteroatoms. The Kier molecular flexibility index (Phi) is 6.52. The highest BCUT2D eigenvalue weighted by atomic mass is 35.5. The van der Waals surface area contributed by atoms with E-state index in [2.05, 4.69) is 10.3 Å². The number of carbonyl (C=O) groups is 1. The second-order valence-electron chi connectivity index (χ2n) is 6.05. The molecule has 2 aromatic carbocycles. The normalized spacial score (nSPS) is 11.7. The maximum absolute atomic E-state index is 12.6. The molecule has 0 aliphatic heterocycles. The molecule has 3 rings (SSSR count). The van der Waals surface area contributed by atoms with E-state index in [0.717, 1.165) is 4.31 Å². The molecule has 0 atom stereocenters.